The highest BCUT2D eigenvalue weighted by Crippen LogP contribution is 2.04. The first kappa shape index (κ1) is 10.2. The van der Waals surface area contributed by atoms with E-state index in [-0.39, 0.29) is 5.78 Å². The third-order valence-electron chi connectivity index (χ3n) is 1.36. The summed E-state index contributed by atoms with van der Waals surface area (Å²) in [6.07, 6.45) is 3.07. The molecule has 0 aliphatic heterocycles. The minimum absolute atomic E-state index is 0.138. The third-order valence-corrected chi connectivity index (χ3v) is 1.36. The predicted molar refractivity (Wildman–Crippen MR) is 47.0 cm³/mol. The third kappa shape index (κ3) is 7.10. The molecule has 2 N–H and O–H groups in total. The summed E-state index contributed by atoms with van der Waals surface area (Å²) in [5, 5.41) is 0. The van der Waals surface area contributed by atoms with Crippen LogP contribution in [0.3, 0.4) is 0 Å². The number of rotatable bonds is 4. The summed E-state index contributed by atoms with van der Waals surface area (Å²) >= 11 is 0. The highest BCUT2D eigenvalue weighted by atomic mass is 16.1. The average Bonchev–Trinajstić information content (AvgIpc) is 1.82. The van der Waals surface area contributed by atoms with Crippen molar-refractivity contribution in [2.24, 2.45) is 11.7 Å². The van der Waals surface area contributed by atoms with E-state index < -0.39 is 0 Å². The molecule has 0 aliphatic rings. The van der Waals surface area contributed by atoms with Crippen LogP contribution in [0, 0.1) is 5.92 Å². The smallest absolute Gasteiger partial charge is 0.157 e. The number of carbonyl (C=O) groups excluding carboxylic acids is 1. The monoisotopic (exact) mass is 155 g/mol. The van der Waals surface area contributed by atoms with Crippen LogP contribution in [0.1, 0.15) is 33.6 Å². The summed E-state index contributed by atoms with van der Waals surface area (Å²) in [5.41, 5.74) is 5.94. The zero-order valence-corrected chi connectivity index (χ0v) is 7.55. The molecule has 0 aromatic heterocycles. The number of nitrogens with two attached hydrogens (primary N) is 1. The summed E-state index contributed by atoms with van der Waals surface area (Å²) < 4.78 is 0. The quantitative estimate of drug-likeness (QED) is 0.630. The molecule has 2 nitrogen and oxygen atoms in total. The Morgan fingerprint density at radius 2 is 2.09 bits per heavy atom. The van der Waals surface area contributed by atoms with E-state index in [1.165, 1.54) is 6.08 Å². The fourth-order valence-electron chi connectivity index (χ4n) is 0.757. The minimum atomic E-state index is 0.138. The van der Waals surface area contributed by atoms with Gasteiger partial charge in [0, 0.05) is 12.1 Å². The van der Waals surface area contributed by atoms with E-state index in [4.69, 9.17) is 5.73 Å². The first-order valence-electron chi connectivity index (χ1n) is 3.99. The molecule has 0 aliphatic carbocycles. The number of carbonyl (C=O) groups is 1. The molecule has 0 spiro atoms. The van der Waals surface area contributed by atoms with E-state index in [2.05, 4.69) is 13.8 Å². The van der Waals surface area contributed by atoms with Crippen LogP contribution in [-0.4, -0.2) is 5.78 Å². The zero-order valence-electron chi connectivity index (χ0n) is 7.55. The van der Waals surface area contributed by atoms with Crippen molar-refractivity contribution < 1.29 is 4.79 Å². The second-order valence-electron chi connectivity index (χ2n) is 3.29. The van der Waals surface area contributed by atoms with Crippen LogP contribution in [0.25, 0.3) is 0 Å². The molecular weight excluding hydrogens is 138 g/mol. The lowest BCUT2D eigenvalue weighted by Crippen LogP contribution is -2.00. The summed E-state index contributed by atoms with van der Waals surface area (Å²) in [5.74, 6) is 0.726. The summed E-state index contributed by atoms with van der Waals surface area (Å²) in [6.45, 7) is 5.94. The van der Waals surface area contributed by atoms with E-state index in [9.17, 15) is 4.79 Å². The Morgan fingerprint density at radius 1 is 1.55 bits per heavy atom. The van der Waals surface area contributed by atoms with Gasteiger partial charge in [0.2, 0.25) is 0 Å². The van der Waals surface area contributed by atoms with E-state index in [1.807, 2.05) is 0 Å². The average molecular weight is 155 g/mol. The Hall–Kier alpha value is -0.790. The van der Waals surface area contributed by atoms with Gasteiger partial charge in [0.1, 0.15) is 0 Å². The molecule has 0 saturated carbocycles. The summed E-state index contributed by atoms with van der Waals surface area (Å²) in [7, 11) is 0. The van der Waals surface area contributed by atoms with Crippen molar-refractivity contribution in [1.29, 1.82) is 0 Å². The van der Waals surface area contributed by atoms with E-state index in [0.717, 1.165) is 6.42 Å². The van der Waals surface area contributed by atoms with Crippen LogP contribution in [0.5, 0.6) is 0 Å². The van der Waals surface area contributed by atoms with Crippen LogP contribution in [0.4, 0.5) is 0 Å². The maximum atomic E-state index is 11.0. The molecule has 0 bridgehead atoms. The van der Waals surface area contributed by atoms with Gasteiger partial charge in [0.15, 0.2) is 5.78 Å². The Bertz CT molecular complexity index is 155. The van der Waals surface area contributed by atoms with Crippen molar-refractivity contribution in [2.45, 2.75) is 33.6 Å². The van der Waals surface area contributed by atoms with Crippen molar-refractivity contribution in [3.8, 4) is 0 Å². The van der Waals surface area contributed by atoms with Gasteiger partial charge in [-0.3, -0.25) is 4.79 Å². The predicted octanol–water partition coefficient (Wildman–Crippen LogP) is 1.85. The fourth-order valence-corrected chi connectivity index (χ4v) is 0.757. The molecule has 0 radical (unpaired) electrons. The molecule has 0 atom stereocenters. The van der Waals surface area contributed by atoms with E-state index >= 15 is 0 Å². The van der Waals surface area contributed by atoms with Gasteiger partial charge in [-0.15, -0.1) is 0 Å². The van der Waals surface area contributed by atoms with E-state index in [0.29, 0.717) is 18.0 Å². The molecular formula is C9H17NO. The van der Waals surface area contributed by atoms with Gasteiger partial charge >= 0.3 is 0 Å². The number of ketones is 1. The van der Waals surface area contributed by atoms with Crippen molar-refractivity contribution in [3.63, 3.8) is 0 Å². The van der Waals surface area contributed by atoms with Crippen LogP contribution in [0.15, 0.2) is 11.8 Å². The van der Waals surface area contributed by atoms with Crippen LogP contribution in [0.2, 0.25) is 0 Å². The van der Waals surface area contributed by atoms with Crippen molar-refractivity contribution in [3.05, 3.63) is 11.8 Å². The largest absolute Gasteiger partial charge is 0.402 e. The Kier molecular flexibility index (Phi) is 4.59. The lowest BCUT2D eigenvalue weighted by molar-refractivity contribution is -0.114. The molecule has 0 amide bonds. The molecule has 0 aromatic rings. The molecule has 0 fully saturated rings. The molecule has 64 valence electrons. The normalized spacial score (nSPS) is 12.2. The second-order valence-corrected chi connectivity index (χ2v) is 3.29. The highest BCUT2D eigenvalue weighted by molar-refractivity contribution is 5.90. The van der Waals surface area contributed by atoms with Gasteiger partial charge in [0.05, 0.1) is 0 Å². The molecule has 2 heteroatoms. The van der Waals surface area contributed by atoms with Crippen molar-refractivity contribution in [1.82, 2.24) is 0 Å². The second kappa shape index (κ2) is 4.94. The molecule has 0 rings (SSSR count). The Labute approximate surface area is 68.5 Å². The Balaban J connectivity index is 3.63. The van der Waals surface area contributed by atoms with E-state index in [1.54, 1.807) is 6.92 Å². The van der Waals surface area contributed by atoms with Gasteiger partial charge in [-0.05, 0) is 25.3 Å². The Morgan fingerprint density at radius 3 is 2.45 bits per heavy atom. The van der Waals surface area contributed by atoms with Gasteiger partial charge in [-0.1, -0.05) is 13.8 Å². The number of allylic oxidation sites excluding steroid dienone is 2. The maximum Gasteiger partial charge on any atom is 0.157 e. The summed E-state index contributed by atoms with van der Waals surface area (Å²) in [6, 6.07) is 0. The van der Waals surface area contributed by atoms with Gasteiger partial charge in [0.25, 0.3) is 0 Å². The van der Waals surface area contributed by atoms with Gasteiger partial charge in [-0.2, -0.15) is 0 Å². The maximum absolute atomic E-state index is 11.0. The lowest BCUT2D eigenvalue weighted by atomic mass is 10.1. The molecule has 0 unspecified atom stereocenters. The van der Waals surface area contributed by atoms with Crippen LogP contribution < -0.4 is 5.73 Å². The molecule has 0 aromatic carbocycles. The van der Waals surface area contributed by atoms with Gasteiger partial charge in [-0.25, -0.2) is 0 Å². The fraction of sp³-hybridized carbons (Fsp3) is 0.667. The number of hydrogen-bond donors (Lipinski definition) is 1. The zero-order chi connectivity index (χ0) is 8.85. The van der Waals surface area contributed by atoms with Crippen molar-refractivity contribution in [2.75, 3.05) is 0 Å². The highest BCUT2D eigenvalue weighted by Gasteiger charge is 1.99. The topological polar surface area (TPSA) is 43.1 Å². The van der Waals surface area contributed by atoms with Crippen LogP contribution >= 0.6 is 0 Å². The standard InChI is InChI=1S/C9H17NO/c1-7(2)4-5-9(11)6-8(3)10/h6-7H,4-5,10H2,1-3H3/b8-6-. The SMILES string of the molecule is C/C(N)=C/C(=O)CCC(C)C. The summed E-state index contributed by atoms with van der Waals surface area (Å²) in [4.78, 5) is 11.0. The lowest BCUT2D eigenvalue weighted by Gasteiger charge is -2.00. The number of hydrogen-bond acceptors (Lipinski definition) is 2. The first-order valence-corrected chi connectivity index (χ1v) is 3.99. The molecule has 0 heterocycles. The van der Waals surface area contributed by atoms with Gasteiger partial charge < -0.3 is 5.73 Å². The minimum Gasteiger partial charge on any atom is -0.402 e. The van der Waals surface area contributed by atoms with Crippen molar-refractivity contribution >= 4 is 5.78 Å². The molecule has 11 heavy (non-hydrogen) atoms. The first-order chi connectivity index (χ1) is 5.02. The van der Waals surface area contributed by atoms with Crippen LogP contribution in [-0.2, 0) is 4.79 Å². The molecule has 0 saturated heterocycles.